The first kappa shape index (κ1) is 22.0. The maximum absolute atomic E-state index is 12.0. The van der Waals surface area contributed by atoms with Gasteiger partial charge in [0.05, 0.1) is 0 Å². The minimum atomic E-state index is -1.09. The third-order valence-electron chi connectivity index (χ3n) is 4.74. The first-order chi connectivity index (χ1) is 14.9. The summed E-state index contributed by atoms with van der Waals surface area (Å²) < 4.78 is 0. The van der Waals surface area contributed by atoms with E-state index in [0.29, 0.717) is 12.4 Å². The Morgan fingerprint density at radius 2 is 1.87 bits per heavy atom. The fraction of sp³-hybridized carbons (Fsp3) is 0.261. The van der Waals surface area contributed by atoms with Crippen LogP contribution in [-0.2, 0) is 13.1 Å². The summed E-state index contributed by atoms with van der Waals surface area (Å²) in [5.74, 6) is 0.424. The van der Waals surface area contributed by atoms with Crippen LogP contribution in [0.4, 0.5) is 15.4 Å². The molecule has 162 valence electrons. The number of nitrogens with one attached hydrogen (secondary N) is 3. The Hall–Kier alpha value is -3.65. The number of pyridine rings is 1. The maximum atomic E-state index is 12.0. The molecule has 0 saturated heterocycles. The fourth-order valence-corrected chi connectivity index (χ4v) is 3.47. The smallest absolute Gasteiger partial charge is 0.404 e. The summed E-state index contributed by atoms with van der Waals surface area (Å²) in [6.45, 7) is 3.33. The third-order valence-corrected chi connectivity index (χ3v) is 4.74. The van der Waals surface area contributed by atoms with E-state index in [9.17, 15) is 9.59 Å². The molecule has 3 aromatic rings. The summed E-state index contributed by atoms with van der Waals surface area (Å²) in [7, 11) is 4.05. The Kier molecular flexibility index (Phi) is 7.04. The highest BCUT2D eigenvalue weighted by molar-refractivity contribution is 6.01. The maximum Gasteiger partial charge on any atom is 0.404 e. The Labute approximate surface area is 181 Å². The standard InChI is InChI=1S/C23H27N5O3/c1-4-24-22(29)27-21-11-19-18(16-7-5-6-15(10-16)14-28(2)3)9-8-17(12-26-23(30)31)20(19)13-25-21/h5-11,13,26H,4,12,14H2,1-3H3,(H,30,31)(H2,24,25,27,29). The Morgan fingerprint density at radius 3 is 2.58 bits per heavy atom. The molecule has 3 amide bonds. The number of carbonyl (C=O) groups excluding carboxylic acids is 1. The summed E-state index contributed by atoms with van der Waals surface area (Å²) >= 11 is 0. The van der Waals surface area contributed by atoms with Gasteiger partial charge in [-0.2, -0.15) is 0 Å². The van der Waals surface area contributed by atoms with Crippen molar-refractivity contribution in [2.24, 2.45) is 0 Å². The summed E-state index contributed by atoms with van der Waals surface area (Å²) in [4.78, 5) is 29.4. The van der Waals surface area contributed by atoms with Crippen molar-refractivity contribution in [2.75, 3.05) is 26.0 Å². The summed E-state index contributed by atoms with van der Waals surface area (Å²) in [5.41, 5.74) is 4.01. The number of aromatic nitrogens is 1. The molecule has 3 rings (SSSR count). The average Bonchev–Trinajstić information content (AvgIpc) is 2.71. The number of rotatable bonds is 7. The van der Waals surface area contributed by atoms with Gasteiger partial charge in [0.25, 0.3) is 0 Å². The van der Waals surface area contributed by atoms with Crippen LogP contribution >= 0.6 is 0 Å². The molecule has 0 radical (unpaired) electrons. The second-order valence-electron chi connectivity index (χ2n) is 7.47. The van der Waals surface area contributed by atoms with Crippen molar-refractivity contribution in [3.05, 3.63) is 59.8 Å². The normalized spacial score (nSPS) is 10.8. The van der Waals surface area contributed by atoms with Gasteiger partial charge in [-0.25, -0.2) is 14.6 Å². The minimum absolute atomic E-state index is 0.164. The molecule has 0 unspecified atom stereocenters. The molecule has 0 bridgehead atoms. The van der Waals surface area contributed by atoms with Gasteiger partial charge in [-0.1, -0.05) is 30.3 Å². The van der Waals surface area contributed by atoms with E-state index in [4.69, 9.17) is 5.11 Å². The predicted molar refractivity (Wildman–Crippen MR) is 122 cm³/mol. The highest BCUT2D eigenvalue weighted by Crippen LogP contribution is 2.32. The van der Waals surface area contributed by atoms with E-state index in [1.807, 2.05) is 51.4 Å². The molecule has 31 heavy (non-hydrogen) atoms. The number of fused-ring (bicyclic) bond motifs is 1. The SMILES string of the molecule is CCNC(=O)Nc1cc2c(-c3cccc(CN(C)C)c3)ccc(CNC(=O)O)c2cn1. The molecule has 0 aliphatic rings. The number of urea groups is 1. The molecule has 1 heterocycles. The molecule has 0 spiro atoms. The molecule has 0 atom stereocenters. The van der Waals surface area contributed by atoms with Crippen LogP contribution in [0.2, 0.25) is 0 Å². The Bertz CT molecular complexity index is 1100. The van der Waals surface area contributed by atoms with Crippen LogP contribution in [-0.4, -0.2) is 47.8 Å². The molecule has 0 saturated carbocycles. The van der Waals surface area contributed by atoms with Crippen LogP contribution in [0.5, 0.6) is 0 Å². The van der Waals surface area contributed by atoms with Gasteiger partial charge in [-0.3, -0.25) is 5.32 Å². The number of hydrogen-bond donors (Lipinski definition) is 4. The summed E-state index contributed by atoms with van der Waals surface area (Å²) in [6, 6.07) is 13.7. The number of anilines is 1. The zero-order chi connectivity index (χ0) is 22.4. The van der Waals surface area contributed by atoms with Crippen molar-refractivity contribution >= 4 is 28.7 Å². The van der Waals surface area contributed by atoms with Crippen LogP contribution in [0.25, 0.3) is 21.9 Å². The van der Waals surface area contributed by atoms with Gasteiger partial charge in [0.1, 0.15) is 5.82 Å². The molecule has 0 aliphatic carbocycles. The van der Waals surface area contributed by atoms with Crippen LogP contribution in [0, 0.1) is 0 Å². The van der Waals surface area contributed by atoms with Crippen LogP contribution < -0.4 is 16.0 Å². The van der Waals surface area contributed by atoms with Gasteiger partial charge in [0.2, 0.25) is 0 Å². The lowest BCUT2D eigenvalue weighted by Gasteiger charge is -2.15. The van der Waals surface area contributed by atoms with Gasteiger partial charge < -0.3 is 20.6 Å². The van der Waals surface area contributed by atoms with Crippen molar-refractivity contribution < 1.29 is 14.7 Å². The first-order valence-corrected chi connectivity index (χ1v) is 10.0. The molecule has 2 aromatic carbocycles. The van der Waals surface area contributed by atoms with E-state index in [0.717, 1.165) is 34.0 Å². The van der Waals surface area contributed by atoms with Gasteiger partial charge >= 0.3 is 12.1 Å². The number of amides is 3. The molecule has 0 fully saturated rings. The van der Waals surface area contributed by atoms with Gasteiger partial charge in [0, 0.05) is 31.2 Å². The summed E-state index contributed by atoms with van der Waals surface area (Å²) in [5, 5.41) is 18.5. The second kappa shape index (κ2) is 9.90. The summed E-state index contributed by atoms with van der Waals surface area (Å²) in [6.07, 6.45) is 0.583. The van der Waals surface area contributed by atoms with E-state index in [1.54, 1.807) is 6.20 Å². The Morgan fingerprint density at radius 1 is 1.06 bits per heavy atom. The van der Waals surface area contributed by atoms with Crippen LogP contribution in [0.15, 0.2) is 48.7 Å². The number of carbonyl (C=O) groups is 2. The predicted octanol–water partition coefficient (Wildman–Crippen LogP) is 3.87. The van der Waals surface area contributed by atoms with E-state index < -0.39 is 6.09 Å². The second-order valence-corrected chi connectivity index (χ2v) is 7.47. The van der Waals surface area contributed by atoms with Crippen molar-refractivity contribution in [1.82, 2.24) is 20.5 Å². The Balaban J connectivity index is 2.10. The number of nitrogens with zero attached hydrogens (tertiary/aromatic N) is 2. The van der Waals surface area contributed by atoms with Gasteiger partial charge in [0.15, 0.2) is 0 Å². The molecule has 0 aliphatic heterocycles. The van der Waals surface area contributed by atoms with Crippen LogP contribution in [0.3, 0.4) is 0 Å². The molecular weight excluding hydrogens is 394 g/mol. The first-order valence-electron chi connectivity index (χ1n) is 10.0. The average molecular weight is 422 g/mol. The quantitative estimate of drug-likeness (QED) is 0.463. The van der Waals surface area contributed by atoms with Gasteiger partial charge in [-0.15, -0.1) is 0 Å². The lowest BCUT2D eigenvalue weighted by atomic mass is 9.95. The molecule has 4 N–H and O–H groups in total. The monoisotopic (exact) mass is 421 g/mol. The minimum Gasteiger partial charge on any atom is -0.465 e. The van der Waals surface area contributed by atoms with E-state index in [-0.39, 0.29) is 12.6 Å². The van der Waals surface area contributed by atoms with Gasteiger partial charge in [-0.05, 0) is 60.8 Å². The van der Waals surface area contributed by atoms with Crippen LogP contribution in [0.1, 0.15) is 18.1 Å². The lowest BCUT2D eigenvalue weighted by molar-refractivity contribution is 0.194. The molecule has 8 heteroatoms. The van der Waals surface area contributed by atoms with E-state index >= 15 is 0 Å². The van der Waals surface area contributed by atoms with Crippen molar-refractivity contribution in [2.45, 2.75) is 20.0 Å². The molecule has 1 aromatic heterocycles. The lowest BCUT2D eigenvalue weighted by Crippen LogP contribution is -2.28. The fourth-order valence-electron chi connectivity index (χ4n) is 3.47. The number of hydrogen-bond acceptors (Lipinski definition) is 4. The van der Waals surface area contributed by atoms with Crippen molar-refractivity contribution in [3.8, 4) is 11.1 Å². The highest BCUT2D eigenvalue weighted by Gasteiger charge is 2.12. The number of benzene rings is 2. The number of carboxylic acid groups (broad SMARTS) is 1. The highest BCUT2D eigenvalue weighted by atomic mass is 16.4. The zero-order valence-corrected chi connectivity index (χ0v) is 17.9. The topological polar surface area (TPSA) is 107 Å². The molecule has 8 nitrogen and oxygen atoms in total. The van der Waals surface area contributed by atoms with Crippen molar-refractivity contribution in [3.63, 3.8) is 0 Å². The third kappa shape index (κ3) is 5.70. The zero-order valence-electron chi connectivity index (χ0n) is 17.9. The van der Waals surface area contributed by atoms with E-state index in [1.165, 1.54) is 5.56 Å². The largest absolute Gasteiger partial charge is 0.465 e. The van der Waals surface area contributed by atoms with Crippen molar-refractivity contribution in [1.29, 1.82) is 0 Å². The van der Waals surface area contributed by atoms with E-state index in [2.05, 4.69) is 38.0 Å². The molecular formula is C23H27N5O3.